The van der Waals surface area contributed by atoms with Gasteiger partial charge in [-0.25, -0.2) is 0 Å². The fourth-order valence-corrected chi connectivity index (χ4v) is 0.693. The summed E-state index contributed by atoms with van der Waals surface area (Å²) in [6.45, 7) is 0. The van der Waals surface area contributed by atoms with Gasteiger partial charge in [-0.05, 0) is 0 Å². The smallest absolute Gasteiger partial charge is 0.142 e. The molecule has 0 spiro atoms. The van der Waals surface area contributed by atoms with Crippen molar-refractivity contribution in [2.75, 3.05) is 4.55 Å². The van der Waals surface area contributed by atoms with E-state index in [9.17, 15) is 0 Å². The van der Waals surface area contributed by atoms with Gasteiger partial charge in [0, 0.05) is 0 Å². The van der Waals surface area contributed by atoms with Crippen molar-refractivity contribution >= 4 is 28.4 Å². The standard InChI is InChI=1S/C4H8IN3O/c5-2-8-3(1-9)4(6)7/h1,8-9H,2H2,(H3,6,7). The van der Waals surface area contributed by atoms with Crippen molar-refractivity contribution in [3.8, 4) is 0 Å². The van der Waals surface area contributed by atoms with E-state index in [0.717, 1.165) is 6.26 Å². The van der Waals surface area contributed by atoms with Gasteiger partial charge >= 0.3 is 0 Å². The SMILES string of the molecule is N=C(N)C(=CO)NCI. The molecule has 0 heterocycles. The van der Waals surface area contributed by atoms with Crippen LogP contribution in [-0.4, -0.2) is 15.5 Å². The summed E-state index contributed by atoms with van der Waals surface area (Å²) >= 11 is 2.04. The van der Waals surface area contributed by atoms with Gasteiger partial charge in [0.05, 0.1) is 4.55 Å². The second kappa shape index (κ2) is 4.42. The molecule has 52 valence electrons. The van der Waals surface area contributed by atoms with E-state index in [1.54, 1.807) is 0 Å². The van der Waals surface area contributed by atoms with E-state index < -0.39 is 0 Å². The Kier molecular flexibility index (Phi) is 4.20. The summed E-state index contributed by atoms with van der Waals surface area (Å²) in [5.41, 5.74) is 5.28. The Morgan fingerprint density at radius 1 is 1.89 bits per heavy atom. The molecule has 0 saturated heterocycles. The number of amidine groups is 1. The van der Waals surface area contributed by atoms with Crippen LogP contribution in [0.25, 0.3) is 0 Å². The zero-order valence-electron chi connectivity index (χ0n) is 4.69. The molecular weight excluding hydrogens is 233 g/mol. The van der Waals surface area contributed by atoms with Gasteiger partial charge < -0.3 is 16.2 Å². The van der Waals surface area contributed by atoms with Gasteiger partial charge in [0.1, 0.15) is 17.8 Å². The predicted octanol–water partition coefficient (Wildman–Crippen LogP) is 0.304. The number of hydrogen-bond acceptors (Lipinski definition) is 3. The lowest BCUT2D eigenvalue weighted by Gasteiger charge is -2.02. The quantitative estimate of drug-likeness (QED) is 0.143. The first-order chi connectivity index (χ1) is 4.22. The summed E-state index contributed by atoms with van der Waals surface area (Å²) in [6, 6.07) is 0. The van der Waals surface area contributed by atoms with Crippen LogP contribution in [0.1, 0.15) is 0 Å². The molecule has 0 aromatic carbocycles. The van der Waals surface area contributed by atoms with Crippen molar-refractivity contribution in [1.82, 2.24) is 5.32 Å². The third kappa shape index (κ3) is 3.17. The molecule has 0 rings (SSSR count). The van der Waals surface area contributed by atoms with Gasteiger partial charge in [-0.1, -0.05) is 22.6 Å². The summed E-state index contributed by atoms with van der Waals surface area (Å²) in [6.07, 6.45) is 0.779. The molecule has 0 unspecified atom stereocenters. The van der Waals surface area contributed by atoms with Crippen molar-refractivity contribution in [2.45, 2.75) is 0 Å². The third-order valence-electron chi connectivity index (χ3n) is 0.677. The van der Waals surface area contributed by atoms with E-state index >= 15 is 0 Å². The van der Waals surface area contributed by atoms with Crippen molar-refractivity contribution in [2.24, 2.45) is 5.73 Å². The van der Waals surface area contributed by atoms with Gasteiger partial charge in [-0.2, -0.15) is 0 Å². The zero-order valence-corrected chi connectivity index (χ0v) is 6.84. The molecule has 9 heavy (non-hydrogen) atoms. The van der Waals surface area contributed by atoms with E-state index in [0.29, 0.717) is 4.55 Å². The number of halogens is 1. The molecular formula is C4H8IN3O. The lowest BCUT2D eigenvalue weighted by molar-refractivity contribution is 0.466. The maximum Gasteiger partial charge on any atom is 0.142 e. The van der Waals surface area contributed by atoms with Crippen molar-refractivity contribution in [3.63, 3.8) is 0 Å². The minimum atomic E-state index is -0.158. The second-order valence-electron chi connectivity index (χ2n) is 1.27. The Morgan fingerprint density at radius 2 is 2.44 bits per heavy atom. The first-order valence-electron chi connectivity index (χ1n) is 2.21. The highest BCUT2D eigenvalue weighted by Crippen LogP contribution is 1.86. The monoisotopic (exact) mass is 241 g/mol. The summed E-state index contributed by atoms with van der Waals surface area (Å²) < 4.78 is 0.615. The molecule has 5 heteroatoms. The summed E-state index contributed by atoms with van der Waals surface area (Å²) in [4.78, 5) is 0. The lowest BCUT2D eigenvalue weighted by atomic mass is 10.4. The van der Waals surface area contributed by atoms with Gasteiger partial charge in [0.25, 0.3) is 0 Å². The predicted molar refractivity (Wildman–Crippen MR) is 44.6 cm³/mol. The Morgan fingerprint density at radius 3 is 2.56 bits per heavy atom. The normalized spacial score (nSPS) is 11.0. The highest BCUT2D eigenvalue weighted by Gasteiger charge is 1.95. The number of aliphatic hydroxyl groups is 1. The summed E-state index contributed by atoms with van der Waals surface area (Å²) in [5, 5.41) is 17.9. The van der Waals surface area contributed by atoms with Crippen molar-refractivity contribution in [3.05, 3.63) is 12.0 Å². The van der Waals surface area contributed by atoms with Crippen LogP contribution in [0.4, 0.5) is 0 Å². The van der Waals surface area contributed by atoms with E-state index in [1.807, 2.05) is 22.6 Å². The molecule has 5 N–H and O–H groups in total. The topological polar surface area (TPSA) is 82.1 Å². The Labute approximate surface area is 66.8 Å². The number of rotatable bonds is 3. The molecule has 0 saturated carbocycles. The Balaban J connectivity index is 3.85. The number of hydrogen-bond donors (Lipinski definition) is 4. The molecule has 0 amide bonds. The highest BCUT2D eigenvalue weighted by atomic mass is 127. The van der Waals surface area contributed by atoms with E-state index in [4.69, 9.17) is 16.2 Å². The number of nitrogens with one attached hydrogen (secondary N) is 2. The Hall–Kier alpha value is -0.460. The second-order valence-corrected chi connectivity index (χ2v) is 2.03. The lowest BCUT2D eigenvalue weighted by Crippen LogP contribution is -2.24. The number of nitrogens with two attached hydrogens (primary N) is 1. The van der Waals surface area contributed by atoms with Crippen LogP contribution >= 0.6 is 22.6 Å². The van der Waals surface area contributed by atoms with Crippen LogP contribution < -0.4 is 11.1 Å². The molecule has 0 aliphatic heterocycles. The van der Waals surface area contributed by atoms with E-state index in [-0.39, 0.29) is 11.5 Å². The molecule has 0 fully saturated rings. The molecule has 0 radical (unpaired) electrons. The average Bonchev–Trinajstić information content (AvgIpc) is 1.82. The van der Waals surface area contributed by atoms with Gasteiger partial charge in [0.15, 0.2) is 0 Å². The molecule has 0 aromatic rings. The first-order valence-corrected chi connectivity index (χ1v) is 3.73. The van der Waals surface area contributed by atoms with E-state index in [2.05, 4.69) is 5.32 Å². The summed E-state index contributed by atoms with van der Waals surface area (Å²) in [7, 11) is 0. The highest BCUT2D eigenvalue weighted by molar-refractivity contribution is 14.1. The third-order valence-corrected chi connectivity index (χ3v) is 1.06. The van der Waals surface area contributed by atoms with Crippen LogP contribution in [0, 0.1) is 5.41 Å². The van der Waals surface area contributed by atoms with E-state index in [1.165, 1.54) is 0 Å². The fraction of sp³-hybridized carbons (Fsp3) is 0.250. The largest absolute Gasteiger partial charge is 0.513 e. The fourth-order valence-electron chi connectivity index (χ4n) is 0.282. The van der Waals surface area contributed by atoms with Gasteiger partial charge in [-0.15, -0.1) is 0 Å². The van der Waals surface area contributed by atoms with Crippen LogP contribution in [0.5, 0.6) is 0 Å². The molecule has 0 bridgehead atoms. The molecule has 0 aromatic heterocycles. The molecule has 0 aliphatic rings. The van der Waals surface area contributed by atoms with Crippen molar-refractivity contribution < 1.29 is 5.11 Å². The maximum absolute atomic E-state index is 8.38. The minimum absolute atomic E-state index is 0.158. The Bertz CT molecular complexity index is 134. The molecule has 0 aliphatic carbocycles. The van der Waals surface area contributed by atoms with Crippen molar-refractivity contribution in [1.29, 1.82) is 5.41 Å². The first kappa shape index (κ1) is 8.54. The number of aliphatic hydroxyl groups excluding tert-OH is 1. The van der Waals surface area contributed by atoms with Gasteiger partial charge in [0.2, 0.25) is 0 Å². The van der Waals surface area contributed by atoms with Crippen LogP contribution in [-0.2, 0) is 0 Å². The summed E-state index contributed by atoms with van der Waals surface area (Å²) in [5.74, 6) is -0.158. The zero-order chi connectivity index (χ0) is 7.28. The minimum Gasteiger partial charge on any atom is -0.513 e. The number of alkyl halides is 1. The average molecular weight is 241 g/mol. The van der Waals surface area contributed by atoms with Crippen LogP contribution in [0.3, 0.4) is 0 Å². The molecule has 4 nitrogen and oxygen atoms in total. The maximum atomic E-state index is 8.38. The van der Waals surface area contributed by atoms with Crippen LogP contribution in [0.15, 0.2) is 12.0 Å². The van der Waals surface area contributed by atoms with Crippen LogP contribution in [0.2, 0.25) is 0 Å². The molecule has 0 atom stereocenters. The van der Waals surface area contributed by atoms with Gasteiger partial charge in [-0.3, -0.25) is 5.41 Å².